The smallest absolute Gasteiger partial charge is 0.877 e. The second kappa shape index (κ2) is 20.2. The van der Waals surface area contributed by atoms with E-state index in [0.717, 1.165) is 15.0 Å². The molecular weight excluding hydrogens is 607 g/mol. The number of anilines is 1. The minimum Gasteiger partial charge on any atom is -0.877 e. The number of halogens is 1. The van der Waals surface area contributed by atoms with E-state index in [0.29, 0.717) is 0 Å². The Morgan fingerprint density at radius 3 is 2.05 bits per heavy atom. The molecule has 0 saturated carbocycles. The molecule has 0 fully saturated rings. The van der Waals surface area contributed by atoms with Crippen molar-refractivity contribution >= 4 is 46.6 Å². The topological polar surface area (TPSA) is 186 Å². The summed E-state index contributed by atoms with van der Waals surface area (Å²) in [7, 11) is 0. The van der Waals surface area contributed by atoms with Crippen LogP contribution in [0.2, 0.25) is 2.82 Å². The number of aromatic carboxylic acids is 1. The predicted octanol–water partition coefficient (Wildman–Crippen LogP) is 0.201. The van der Waals surface area contributed by atoms with Crippen molar-refractivity contribution in [1.82, 2.24) is 23.8 Å². The molecular formula is C28H28ClKN6O7. The standard InChI is InChI=1S/C10H10N2O2.C8H6N2O2.C5H7ClO3.C5H6N2.K/c1-2-14-10(13)8-7-11-9-5-3-4-6-12(8)9;11-8(12)6-5-9-7-3-1-2-4-10(6)7;1-2-9-5(8)4(6)3-7;6-5-3-1-2-4-7-5;/h3-7H,2H2,1H3;1-5H,(H,11,12);3,7H,2H2,1H3;1-4H,(H2,6,7);/q;;;;+1/p-1/b;;4-3+;;/i3D,4D,5D,6D;1D,2D,3D,4D;;1D,2D,3D,4D;/hD2. The Bertz CT molecular complexity index is 2330. The second-order valence-electron chi connectivity index (χ2n) is 6.71. The largest absolute Gasteiger partial charge is 1.00 e. The van der Waals surface area contributed by atoms with Gasteiger partial charge in [0.25, 0.3) is 0 Å². The number of esters is 2. The number of carboxylic acids is 1. The van der Waals surface area contributed by atoms with Gasteiger partial charge in [-0.15, -0.1) is 6.26 Å². The van der Waals surface area contributed by atoms with Crippen LogP contribution in [-0.4, -0.2) is 60.0 Å². The van der Waals surface area contributed by atoms with Crippen LogP contribution in [0.4, 0.5) is 5.82 Å². The second-order valence-corrected chi connectivity index (χ2v) is 7.12. The summed E-state index contributed by atoms with van der Waals surface area (Å²) in [5, 5.41) is 18.2. The van der Waals surface area contributed by atoms with E-state index in [1.165, 1.54) is 6.20 Å². The maximum absolute atomic E-state index is 11.6. The average Bonchev–Trinajstić information content (AvgIpc) is 3.82. The normalized spacial score (nSPS) is 14.4. The Kier molecular flexibility index (Phi) is 9.48. The van der Waals surface area contributed by atoms with E-state index in [4.69, 9.17) is 40.7 Å². The summed E-state index contributed by atoms with van der Waals surface area (Å²) in [5.41, 5.74) is -0.342. The van der Waals surface area contributed by atoms with Gasteiger partial charge in [-0.25, -0.2) is 29.3 Å². The number of imidazole rings is 2. The number of hydrogen-bond acceptors (Lipinski definition) is 10. The van der Waals surface area contributed by atoms with E-state index in [9.17, 15) is 19.5 Å². The molecule has 5 heterocycles. The Balaban J connectivity index is 0.000000389. The van der Waals surface area contributed by atoms with Crippen LogP contribution < -0.4 is 62.2 Å². The van der Waals surface area contributed by atoms with Crippen molar-refractivity contribution in [3.8, 4) is 0 Å². The quantitative estimate of drug-likeness (QED) is 0.111. The maximum Gasteiger partial charge on any atom is 1.00 e. The van der Waals surface area contributed by atoms with Crippen molar-refractivity contribution in [1.29, 1.82) is 0 Å². The third-order valence-corrected chi connectivity index (χ3v) is 4.31. The molecule has 5 rings (SSSR count). The Morgan fingerprint density at radius 2 is 1.51 bits per heavy atom. The molecule has 0 bridgehead atoms. The Morgan fingerprint density at radius 1 is 0.953 bits per heavy atom. The van der Waals surface area contributed by atoms with E-state index < -0.39 is 77.4 Å². The van der Waals surface area contributed by atoms with Crippen LogP contribution in [0.15, 0.2) is 96.6 Å². The molecule has 43 heavy (non-hydrogen) atoms. The summed E-state index contributed by atoms with van der Waals surface area (Å²) in [5.74, 6) is -3.15. The van der Waals surface area contributed by atoms with Gasteiger partial charge in [0, 0.05) is 18.5 Å². The molecule has 0 atom stereocenters. The number of ether oxygens (including phenoxy) is 2. The van der Waals surface area contributed by atoms with Gasteiger partial charge in [-0.05, 0) is 50.1 Å². The summed E-state index contributed by atoms with van der Waals surface area (Å²) < 4.78 is 114. The third-order valence-electron chi connectivity index (χ3n) is 4.06. The van der Waals surface area contributed by atoms with Crippen LogP contribution in [0.3, 0.4) is 0 Å². The summed E-state index contributed by atoms with van der Waals surface area (Å²) >= 11 is 5.07. The number of carboxylic acid groups (broad SMARTS) is 1. The molecule has 3 N–H and O–H groups in total. The van der Waals surface area contributed by atoms with Crippen molar-refractivity contribution in [2.75, 3.05) is 18.9 Å². The number of fused-ring (bicyclic) bond motifs is 2. The molecule has 0 aliphatic rings. The molecule has 0 aromatic carbocycles. The van der Waals surface area contributed by atoms with Crippen LogP contribution in [-0.2, 0) is 14.3 Å². The number of nitrogens with zero attached hydrogens (tertiary/aromatic N) is 5. The van der Waals surface area contributed by atoms with Crippen molar-refractivity contribution < 1.29 is 105 Å². The number of pyridine rings is 3. The predicted molar refractivity (Wildman–Crippen MR) is 153 cm³/mol. The monoisotopic (exact) mass is 648 g/mol. The molecule has 0 saturated heterocycles. The van der Waals surface area contributed by atoms with Gasteiger partial charge >= 0.3 is 69.3 Å². The van der Waals surface area contributed by atoms with Crippen LogP contribution in [0, 0.1) is 0 Å². The van der Waals surface area contributed by atoms with Crippen molar-refractivity contribution in [3.63, 3.8) is 0 Å². The molecule has 0 unspecified atom stereocenters. The van der Waals surface area contributed by atoms with E-state index in [1.54, 1.807) is 13.8 Å². The molecule has 0 aliphatic carbocycles. The fourth-order valence-corrected chi connectivity index (χ4v) is 2.47. The van der Waals surface area contributed by atoms with Gasteiger partial charge < -0.3 is 25.4 Å². The molecule has 0 radical (unpaired) electrons. The minimum atomic E-state index is -1.29. The van der Waals surface area contributed by atoms with Gasteiger partial charge in [0.2, 0.25) is 0 Å². The molecule has 0 amide bonds. The van der Waals surface area contributed by atoms with Gasteiger partial charge in [0.05, 0.1) is 42.1 Å². The molecule has 5 aromatic rings. The Hall–Kier alpha value is -3.79. The van der Waals surface area contributed by atoms with Crippen LogP contribution in [0.1, 0.15) is 51.3 Å². The number of aromatic nitrogens is 5. The zero-order chi connectivity index (χ0) is 42.9. The van der Waals surface area contributed by atoms with E-state index in [-0.39, 0.29) is 124 Å². The average molecular weight is 649 g/mol. The number of carbonyl (C=O) groups is 3. The van der Waals surface area contributed by atoms with Gasteiger partial charge in [-0.3, -0.25) is 8.80 Å². The number of nitrogens with two attached hydrogens (primary N) is 1. The summed E-state index contributed by atoms with van der Waals surface area (Å²) in [4.78, 5) is 43.7. The van der Waals surface area contributed by atoms with Crippen LogP contribution >= 0.6 is 11.6 Å². The first-order chi connectivity index (χ1) is 26.1. The zero-order valence-corrected chi connectivity index (χ0v) is 26.5. The summed E-state index contributed by atoms with van der Waals surface area (Å²) in [6.07, 6.45) is 1.13. The van der Waals surface area contributed by atoms with Crippen LogP contribution in [0.25, 0.3) is 11.3 Å². The van der Waals surface area contributed by atoms with Gasteiger partial charge in [-0.1, -0.05) is 29.7 Å². The summed E-state index contributed by atoms with van der Waals surface area (Å²) in [6, 6.07) is -3.79. The van der Waals surface area contributed by atoms with Crippen molar-refractivity contribution in [2.45, 2.75) is 13.8 Å². The van der Waals surface area contributed by atoms with Crippen molar-refractivity contribution in [3.05, 3.63) is 108 Å². The molecule has 0 spiro atoms. The fourth-order valence-electron chi connectivity index (χ4n) is 2.42. The van der Waals surface area contributed by atoms with E-state index in [2.05, 4.69) is 19.7 Å². The van der Waals surface area contributed by atoms with Crippen LogP contribution in [0.5, 0.6) is 0 Å². The number of nitrogen functional groups attached to an aromatic ring is 1. The first-order valence-corrected chi connectivity index (χ1v) is 11.6. The number of hydrogen-bond donors (Lipinski definition) is 2. The van der Waals surface area contributed by atoms with E-state index >= 15 is 0 Å². The van der Waals surface area contributed by atoms with Gasteiger partial charge in [0.15, 0.2) is 14.2 Å². The molecule has 220 valence electrons. The van der Waals surface area contributed by atoms with Gasteiger partial charge in [0.1, 0.15) is 22.1 Å². The SMILES string of the molecule is CCOC(=O)/C(Cl)=C\[O-].[2H]c1c([2H])c([2H])n2c(C(=O)O)cnc2c1[2H].[2H]c1c([2H])c([2H])n2c(C(=O)OCC)cnc2c1[2H].[2H]c1nc(N([2H])[2H])c([2H])c([2H])c1[2H].[K+]. The molecule has 15 heteroatoms. The van der Waals surface area contributed by atoms with Gasteiger partial charge in [-0.2, -0.15) is 0 Å². The minimum absolute atomic E-state index is 0. The Labute approximate surface area is 314 Å². The van der Waals surface area contributed by atoms with E-state index in [1.807, 2.05) is 0 Å². The third kappa shape index (κ3) is 12.1. The van der Waals surface area contributed by atoms with Crippen molar-refractivity contribution in [2.24, 2.45) is 0 Å². The fraction of sp³-hybridized carbons (Fsp3) is 0.143. The number of carbonyl (C=O) groups excluding carboxylic acids is 2. The zero-order valence-electron chi connectivity index (χ0n) is 36.6. The molecule has 0 aliphatic heterocycles. The number of rotatable bonds is 6. The molecule has 5 aromatic heterocycles. The first kappa shape index (κ1) is 20.2. The summed E-state index contributed by atoms with van der Waals surface area (Å²) in [6.45, 7) is 3.68. The maximum atomic E-state index is 11.6. The first-order valence-electron chi connectivity index (χ1n) is 18.1. The molecule has 13 nitrogen and oxygen atoms in total.